The molecule has 15 N–H and O–H groups in total. The number of nitrogens with one attached hydrogen (secondary N) is 2. The summed E-state index contributed by atoms with van der Waals surface area (Å²) in [6.45, 7) is 6.09. The molecular weight excluding hydrogens is 955 g/mol. The summed E-state index contributed by atoms with van der Waals surface area (Å²) in [6, 6.07) is -1.25. The number of aliphatic hydroxyl groups is 11. The Morgan fingerprint density at radius 1 is 0.712 bits per heavy atom. The van der Waals surface area contributed by atoms with Crippen LogP contribution >= 0.6 is 0 Å². The molecule has 0 unspecified atom stereocenters. The molecule has 2 saturated heterocycles. The minimum Gasteiger partial charge on any atom is -0.462 e. The molecule has 0 spiro atoms. The molecule has 414 valence electrons. The Bertz CT molecular complexity index is 1880. The van der Waals surface area contributed by atoms with E-state index in [9.17, 15) is 70.6 Å². The van der Waals surface area contributed by atoms with Gasteiger partial charge in [0.25, 0.3) is 0 Å². The van der Waals surface area contributed by atoms with E-state index < -0.39 is 159 Å². The third-order valence-electron chi connectivity index (χ3n) is 13.1. The van der Waals surface area contributed by atoms with Crippen LogP contribution in [0.15, 0.2) is 85.1 Å². The number of carbonyl (C=O) groups excluding carboxylic acids is 3. The van der Waals surface area contributed by atoms with Crippen LogP contribution in [0.2, 0.25) is 0 Å². The number of carbonyl (C=O) groups is 3. The number of aliphatic hydroxyl groups excluding tert-OH is 10. The number of rotatable bonds is 8. The normalized spacial score (nSPS) is 41.7. The van der Waals surface area contributed by atoms with Gasteiger partial charge in [-0.2, -0.15) is 0 Å². The summed E-state index contributed by atoms with van der Waals surface area (Å²) in [4.78, 5) is 38.8. The monoisotopic (exact) mass is 1040 g/mol. The number of hydrogen-bond acceptors (Lipinski definition) is 19. The van der Waals surface area contributed by atoms with Crippen LogP contribution in [0.25, 0.3) is 0 Å². The Balaban J connectivity index is 1.96. The number of nitrogens with two attached hydrogens (primary N) is 1. The summed E-state index contributed by atoms with van der Waals surface area (Å²) in [5.41, 5.74) is 5.53. The molecule has 0 aromatic heterocycles. The van der Waals surface area contributed by atoms with E-state index >= 15 is 0 Å². The maximum Gasteiger partial charge on any atom is 0.308 e. The lowest BCUT2D eigenvalue weighted by atomic mass is 9.82. The third kappa shape index (κ3) is 22.0. The molecule has 2 fully saturated rings. The second-order valence-electron chi connectivity index (χ2n) is 19.3. The minimum atomic E-state index is -2.34. The van der Waals surface area contributed by atoms with Crippen molar-refractivity contribution in [3.8, 4) is 0 Å². The zero-order chi connectivity index (χ0) is 54.3. The van der Waals surface area contributed by atoms with E-state index in [2.05, 4.69) is 10.6 Å². The first kappa shape index (κ1) is 63.3. The zero-order valence-electron chi connectivity index (χ0n) is 42.3. The highest BCUT2D eigenvalue weighted by Crippen LogP contribution is 2.38. The van der Waals surface area contributed by atoms with E-state index in [1.165, 1.54) is 13.0 Å². The molecule has 3 aliphatic rings. The predicted octanol–water partition coefficient (Wildman–Crippen LogP) is -0.758. The fourth-order valence-electron chi connectivity index (χ4n) is 8.81. The van der Waals surface area contributed by atoms with Crippen LogP contribution in [0, 0.1) is 17.8 Å². The zero-order valence-corrected chi connectivity index (χ0v) is 42.3. The van der Waals surface area contributed by atoms with Crippen molar-refractivity contribution in [3.63, 3.8) is 0 Å². The summed E-state index contributed by atoms with van der Waals surface area (Å²) in [5, 5.41) is 125. The first-order valence-corrected chi connectivity index (χ1v) is 25.2. The van der Waals surface area contributed by atoms with Gasteiger partial charge in [-0.05, 0) is 33.1 Å². The van der Waals surface area contributed by atoms with Crippen molar-refractivity contribution in [1.82, 2.24) is 10.6 Å². The van der Waals surface area contributed by atoms with Crippen LogP contribution in [0.1, 0.15) is 85.5 Å². The first-order valence-electron chi connectivity index (χ1n) is 25.2. The second-order valence-corrected chi connectivity index (χ2v) is 19.3. The van der Waals surface area contributed by atoms with Gasteiger partial charge < -0.3 is 91.5 Å². The average molecular weight is 1040 g/mol. The first-order chi connectivity index (χ1) is 34.6. The Kier molecular flexibility index (Phi) is 28.1. The minimum absolute atomic E-state index is 0.00757. The fourth-order valence-corrected chi connectivity index (χ4v) is 8.81. The van der Waals surface area contributed by atoms with Gasteiger partial charge in [0.2, 0.25) is 11.8 Å². The quantitative estimate of drug-likeness (QED) is 0.133. The molecule has 3 heterocycles. The van der Waals surface area contributed by atoms with Crippen molar-refractivity contribution in [2.75, 3.05) is 19.7 Å². The third-order valence-corrected chi connectivity index (χ3v) is 13.1. The highest BCUT2D eigenvalue weighted by molar-refractivity contribution is 5.80. The van der Waals surface area contributed by atoms with E-state index in [0.29, 0.717) is 0 Å². The van der Waals surface area contributed by atoms with Gasteiger partial charge in [-0.1, -0.05) is 98.9 Å². The summed E-state index contributed by atoms with van der Waals surface area (Å²) in [6.07, 6.45) is 2.76. The summed E-state index contributed by atoms with van der Waals surface area (Å²) in [7, 11) is 0. The lowest BCUT2D eigenvalue weighted by molar-refractivity contribution is -0.307. The standard InChI is InChI=1S/C52H83N3O18/c1-31-17-15-13-11-9-7-5-6-8-10-12-14-16-18-38(72-51-49(67)46(48(66)34(4)71-51)55-43(63)21-22-53)28-42-45(50(68)54-23-24-56)41(62)30-52(69,73-42)29-37(59)26-40(61)39(60)20-19-35(57)25-36(58)27-44(64)70-33(3)32(2)47(31)65/h5-18,31-42,45-49,51,56-62,65-67,69H,19-30,53H2,1-4H3,(H,54,68)(H,55,63)/b6-5+,9-7+,10-8+,13-11+,14-12+,17-15+,18-16+/t31-,32-,33-,34+,35+,36+,37-,38-,39+,40+,41-,42-,45+,46-,47+,48+,49-,51-,52+/m0/s1. The van der Waals surface area contributed by atoms with Gasteiger partial charge >= 0.3 is 5.97 Å². The van der Waals surface area contributed by atoms with Crippen LogP contribution in [0.4, 0.5) is 0 Å². The molecule has 0 aliphatic carbocycles. The molecule has 2 amide bonds. The number of cyclic esters (lactones) is 1. The molecule has 3 aliphatic heterocycles. The van der Waals surface area contributed by atoms with Crippen molar-refractivity contribution >= 4 is 17.8 Å². The van der Waals surface area contributed by atoms with Gasteiger partial charge in [0.05, 0.1) is 86.0 Å². The fraction of sp³-hybridized carbons (Fsp3) is 0.673. The second kappa shape index (κ2) is 32.4. The number of amides is 2. The Labute approximate surface area is 428 Å². The van der Waals surface area contributed by atoms with Gasteiger partial charge in [0, 0.05) is 57.0 Å². The van der Waals surface area contributed by atoms with Crippen LogP contribution in [0.3, 0.4) is 0 Å². The maximum absolute atomic E-state index is 13.6. The number of hydrogen-bond donors (Lipinski definition) is 14. The molecule has 21 heteroatoms. The highest BCUT2D eigenvalue weighted by atomic mass is 16.7. The van der Waals surface area contributed by atoms with Gasteiger partial charge in [0.1, 0.15) is 18.3 Å². The van der Waals surface area contributed by atoms with Gasteiger partial charge in [-0.15, -0.1) is 0 Å². The van der Waals surface area contributed by atoms with Gasteiger partial charge in [-0.3, -0.25) is 14.4 Å². The van der Waals surface area contributed by atoms with Crippen molar-refractivity contribution in [3.05, 3.63) is 85.1 Å². The van der Waals surface area contributed by atoms with E-state index in [1.54, 1.807) is 86.8 Å². The van der Waals surface area contributed by atoms with Crippen LogP contribution in [-0.2, 0) is 33.3 Å². The molecule has 19 atom stereocenters. The van der Waals surface area contributed by atoms with E-state index in [4.69, 9.17) is 24.7 Å². The summed E-state index contributed by atoms with van der Waals surface area (Å²) < 4.78 is 23.8. The molecule has 2 bridgehead atoms. The molecule has 0 saturated carbocycles. The SMILES string of the molecule is C[C@@H]1[C@H](O)[C@@H](C)/C=C/C=C/C=C/C=C/C=C/C=C/C=C/[C@H](O[C@@H]2O[C@H](C)[C@@H](O)[C@H](NC(=O)CCN)[C@@H]2O)C[C@@H]2O[C@](O)(C[C@@H](O)C[C@@H](O)[C@H](O)CC[C@@H](O)C[C@@H](O)CC(=O)O[C@H]1C)C[C@H](O)[C@H]2C(=O)NCCO. The number of esters is 1. The summed E-state index contributed by atoms with van der Waals surface area (Å²) in [5.74, 6) is -6.52. The topological polar surface area (TPSA) is 361 Å². The highest BCUT2D eigenvalue weighted by Gasteiger charge is 2.51. The Morgan fingerprint density at radius 3 is 1.92 bits per heavy atom. The predicted molar refractivity (Wildman–Crippen MR) is 267 cm³/mol. The van der Waals surface area contributed by atoms with Crippen molar-refractivity contribution in [1.29, 1.82) is 0 Å². The number of allylic oxidation sites excluding steroid dienone is 12. The van der Waals surface area contributed by atoms with Crippen molar-refractivity contribution in [2.24, 2.45) is 23.5 Å². The average Bonchev–Trinajstić information content (AvgIpc) is 3.31. The van der Waals surface area contributed by atoms with Crippen LogP contribution < -0.4 is 16.4 Å². The van der Waals surface area contributed by atoms with E-state index in [0.717, 1.165) is 0 Å². The lowest BCUT2D eigenvalue weighted by Gasteiger charge is -2.46. The molecule has 0 aromatic rings. The molecule has 0 aromatic carbocycles. The van der Waals surface area contributed by atoms with E-state index in [1.807, 2.05) is 13.0 Å². The lowest BCUT2D eigenvalue weighted by Crippen LogP contribution is -2.64. The Hall–Kier alpha value is -4.01. The number of fused-ring (bicyclic) bond motifs is 2. The van der Waals surface area contributed by atoms with Gasteiger partial charge in [0.15, 0.2) is 12.1 Å². The largest absolute Gasteiger partial charge is 0.462 e. The van der Waals surface area contributed by atoms with Crippen molar-refractivity contribution in [2.45, 2.75) is 183 Å². The molecule has 21 nitrogen and oxygen atoms in total. The van der Waals surface area contributed by atoms with Crippen molar-refractivity contribution < 1.29 is 89.5 Å². The van der Waals surface area contributed by atoms with Crippen LogP contribution in [-0.4, -0.2) is 191 Å². The van der Waals surface area contributed by atoms with E-state index in [-0.39, 0.29) is 51.1 Å². The Morgan fingerprint density at radius 2 is 1.32 bits per heavy atom. The molecule has 0 radical (unpaired) electrons. The molecule has 3 rings (SSSR count). The van der Waals surface area contributed by atoms with Crippen LogP contribution in [0.5, 0.6) is 0 Å². The smallest absolute Gasteiger partial charge is 0.308 e. The number of ether oxygens (including phenoxy) is 4. The maximum atomic E-state index is 13.6. The van der Waals surface area contributed by atoms with Gasteiger partial charge in [-0.25, -0.2) is 0 Å². The summed E-state index contributed by atoms with van der Waals surface area (Å²) >= 11 is 0. The molecule has 73 heavy (non-hydrogen) atoms. The molecular formula is C52H83N3O18.